The second-order valence-electron chi connectivity index (χ2n) is 4.58. The number of aromatic carboxylic acids is 1. The number of carbonyl (C=O) groups is 2. The number of carboxylic acid groups (broad SMARTS) is 1. The predicted molar refractivity (Wildman–Crippen MR) is 74.0 cm³/mol. The van der Waals surface area contributed by atoms with Gasteiger partial charge >= 0.3 is 5.97 Å². The lowest BCUT2D eigenvalue weighted by Gasteiger charge is -2.28. The highest BCUT2D eigenvalue weighted by molar-refractivity contribution is 7.12. The molecule has 1 aliphatic rings. The van der Waals surface area contributed by atoms with Crippen LogP contribution < -0.4 is 0 Å². The Morgan fingerprint density at radius 1 is 1.25 bits per heavy atom. The molecule has 2 aromatic rings. The maximum Gasteiger partial charge on any atom is 0.356 e. The zero-order valence-electron chi connectivity index (χ0n) is 10.6. The van der Waals surface area contributed by atoms with Gasteiger partial charge in [-0.2, -0.15) is 0 Å². The molecule has 1 aromatic heterocycles. The van der Waals surface area contributed by atoms with Crippen LogP contribution >= 0.6 is 11.3 Å². The van der Waals surface area contributed by atoms with Gasteiger partial charge in [0.1, 0.15) is 4.88 Å². The molecule has 0 saturated heterocycles. The van der Waals surface area contributed by atoms with Gasteiger partial charge in [-0.1, -0.05) is 24.3 Å². The van der Waals surface area contributed by atoms with E-state index in [2.05, 4.69) is 11.1 Å². The van der Waals surface area contributed by atoms with Crippen LogP contribution in [0.25, 0.3) is 0 Å². The molecule has 1 aromatic carbocycles. The Hall–Kier alpha value is -2.21. The minimum absolute atomic E-state index is 0.154. The van der Waals surface area contributed by atoms with Crippen LogP contribution in [-0.4, -0.2) is 33.4 Å². The highest BCUT2D eigenvalue weighted by Crippen LogP contribution is 2.23. The van der Waals surface area contributed by atoms with E-state index < -0.39 is 5.97 Å². The van der Waals surface area contributed by atoms with E-state index in [1.165, 1.54) is 11.1 Å². The van der Waals surface area contributed by atoms with Crippen molar-refractivity contribution in [3.8, 4) is 0 Å². The molecule has 0 bridgehead atoms. The highest BCUT2D eigenvalue weighted by Gasteiger charge is 2.27. The van der Waals surface area contributed by atoms with Gasteiger partial charge in [-0.05, 0) is 17.5 Å². The van der Waals surface area contributed by atoms with Crippen LogP contribution in [0.3, 0.4) is 0 Å². The first kappa shape index (κ1) is 12.8. The van der Waals surface area contributed by atoms with Crippen LogP contribution in [0, 0.1) is 0 Å². The van der Waals surface area contributed by atoms with Crippen LogP contribution in [0.5, 0.6) is 0 Å². The number of thiazole rings is 1. The minimum Gasteiger partial charge on any atom is -0.476 e. The van der Waals surface area contributed by atoms with E-state index in [-0.39, 0.29) is 16.5 Å². The first-order valence-corrected chi connectivity index (χ1v) is 7.07. The molecule has 0 radical (unpaired) electrons. The molecule has 0 spiro atoms. The molecule has 5 nitrogen and oxygen atoms in total. The SMILES string of the molecule is O=C(O)c1ncsc1C(=O)N1CCc2ccccc2C1. The van der Waals surface area contributed by atoms with Crippen LogP contribution in [0.15, 0.2) is 29.8 Å². The standard InChI is InChI=1S/C14H12N2O3S/c17-13(12-11(14(18)19)15-8-20-12)16-6-5-9-3-1-2-4-10(9)7-16/h1-4,8H,5-7H2,(H,18,19). The molecule has 1 aliphatic heterocycles. The fourth-order valence-corrected chi connectivity index (χ4v) is 3.11. The van der Waals surface area contributed by atoms with E-state index >= 15 is 0 Å². The average molecular weight is 288 g/mol. The molecule has 6 heteroatoms. The molecule has 0 aliphatic carbocycles. The van der Waals surface area contributed by atoms with Crippen LogP contribution in [0.2, 0.25) is 0 Å². The smallest absolute Gasteiger partial charge is 0.356 e. The van der Waals surface area contributed by atoms with Crippen molar-refractivity contribution in [2.45, 2.75) is 13.0 Å². The number of aromatic nitrogens is 1. The minimum atomic E-state index is -1.16. The average Bonchev–Trinajstić information content (AvgIpc) is 2.95. The summed E-state index contributed by atoms with van der Waals surface area (Å²) in [5.41, 5.74) is 3.61. The van der Waals surface area contributed by atoms with Crippen LogP contribution in [-0.2, 0) is 13.0 Å². The van der Waals surface area contributed by atoms with Crippen LogP contribution in [0.4, 0.5) is 0 Å². The van der Waals surface area contributed by atoms with Crippen molar-refractivity contribution >= 4 is 23.2 Å². The van der Waals surface area contributed by atoms with E-state index in [1.54, 1.807) is 4.90 Å². The summed E-state index contributed by atoms with van der Waals surface area (Å²) in [6, 6.07) is 8.00. The van der Waals surface area contributed by atoms with Crippen molar-refractivity contribution in [3.05, 3.63) is 51.5 Å². The topological polar surface area (TPSA) is 70.5 Å². The fourth-order valence-electron chi connectivity index (χ4n) is 2.36. The number of fused-ring (bicyclic) bond motifs is 1. The molecular formula is C14H12N2O3S. The predicted octanol–water partition coefficient (Wildman–Crippen LogP) is 2.04. The lowest BCUT2D eigenvalue weighted by Crippen LogP contribution is -2.36. The number of carboxylic acids is 1. The molecule has 2 heterocycles. The van der Waals surface area contributed by atoms with Gasteiger partial charge in [-0.15, -0.1) is 11.3 Å². The Kier molecular flexibility index (Phi) is 3.23. The molecule has 3 rings (SSSR count). The third kappa shape index (κ3) is 2.18. The number of amides is 1. The lowest BCUT2D eigenvalue weighted by molar-refractivity contribution is 0.0667. The molecular weight excluding hydrogens is 276 g/mol. The van der Waals surface area contributed by atoms with Crippen molar-refractivity contribution in [2.24, 2.45) is 0 Å². The van der Waals surface area contributed by atoms with E-state index in [1.807, 2.05) is 18.2 Å². The zero-order valence-corrected chi connectivity index (χ0v) is 11.4. The number of benzene rings is 1. The van der Waals surface area contributed by atoms with Crippen molar-refractivity contribution in [3.63, 3.8) is 0 Å². The summed E-state index contributed by atoms with van der Waals surface area (Å²) in [5.74, 6) is -1.41. The van der Waals surface area contributed by atoms with Gasteiger partial charge in [0.15, 0.2) is 5.69 Å². The van der Waals surface area contributed by atoms with E-state index in [0.29, 0.717) is 13.1 Å². The quantitative estimate of drug-likeness (QED) is 0.918. The van der Waals surface area contributed by atoms with Gasteiger partial charge in [0.05, 0.1) is 5.51 Å². The molecule has 102 valence electrons. The van der Waals surface area contributed by atoms with Crippen molar-refractivity contribution in [2.75, 3.05) is 6.54 Å². The molecule has 0 fully saturated rings. The lowest BCUT2D eigenvalue weighted by atomic mass is 10.00. The van der Waals surface area contributed by atoms with Gasteiger partial charge < -0.3 is 10.0 Å². The molecule has 0 unspecified atom stereocenters. The molecule has 0 saturated carbocycles. The summed E-state index contributed by atoms with van der Waals surface area (Å²) in [6.07, 6.45) is 0.795. The van der Waals surface area contributed by atoms with E-state index in [9.17, 15) is 9.59 Å². The van der Waals surface area contributed by atoms with Crippen molar-refractivity contribution in [1.29, 1.82) is 0 Å². The van der Waals surface area contributed by atoms with Gasteiger partial charge in [0.2, 0.25) is 0 Å². The van der Waals surface area contributed by atoms with Crippen molar-refractivity contribution < 1.29 is 14.7 Å². The first-order valence-electron chi connectivity index (χ1n) is 6.19. The Bertz CT molecular complexity index is 681. The Morgan fingerprint density at radius 3 is 2.75 bits per heavy atom. The second-order valence-corrected chi connectivity index (χ2v) is 5.44. The van der Waals surface area contributed by atoms with E-state index in [4.69, 9.17) is 5.11 Å². The first-order chi connectivity index (χ1) is 9.66. The van der Waals surface area contributed by atoms with E-state index in [0.717, 1.165) is 23.3 Å². The molecule has 1 N–H and O–H groups in total. The summed E-state index contributed by atoms with van der Waals surface area (Å²) in [4.78, 5) is 29.1. The number of hydrogen-bond acceptors (Lipinski definition) is 4. The second kappa shape index (κ2) is 5.05. The normalized spacial score (nSPS) is 13.9. The summed E-state index contributed by atoms with van der Waals surface area (Å²) >= 11 is 1.08. The largest absolute Gasteiger partial charge is 0.476 e. The molecule has 1 amide bonds. The summed E-state index contributed by atoms with van der Waals surface area (Å²) in [6.45, 7) is 1.12. The Labute approximate surface area is 119 Å². The number of hydrogen-bond donors (Lipinski definition) is 1. The summed E-state index contributed by atoms with van der Waals surface area (Å²) in [7, 11) is 0. The van der Waals surface area contributed by atoms with Crippen molar-refractivity contribution in [1.82, 2.24) is 9.88 Å². The van der Waals surface area contributed by atoms with Gasteiger partial charge in [0.25, 0.3) is 5.91 Å². The number of carbonyl (C=O) groups excluding carboxylic acids is 1. The highest BCUT2D eigenvalue weighted by atomic mass is 32.1. The number of nitrogens with zero attached hydrogens (tertiary/aromatic N) is 2. The monoisotopic (exact) mass is 288 g/mol. The van der Waals surface area contributed by atoms with Crippen LogP contribution in [0.1, 0.15) is 31.3 Å². The maximum atomic E-state index is 12.4. The molecule has 0 atom stereocenters. The maximum absolute atomic E-state index is 12.4. The summed E-state index contributed by atoms with van der Waals surface area (Å²) < 4.78 is 0. The Balaban J connectivity index is 1.86. The zero-order chi connectivity index (χ0) is 14.1. The van der Waals surface area contributed by atoms with Gasteiger partial charge in [0, 0.05) is 13.1 Å². The summed E-state index contributed by atoms with van der Waals surface area (Å²) in [5, 5.41) is 9.03. The fraction of sp³-hybridized carbons (Fsp3) is 0.214. The molecule has 20 heavy (non-hydrogen) atoms. The third-order valence-electron chi connectivity index (χ3n) is 3.38. The van der Waals surface area contributed by atoms with Gasteiger partial charge in [-0.3, -0.25) is 4.79 Å². The van der Waals surface area contributed by atoms with Gasteiger partial charge in [-0.25, -0.2) is 9.78 Å². The number of rotatable bonds is 2. The Morgan fingerprint density at radius 2 is 2.00 bits per heavy atom. The third-order valence-corrected chi connectivity index (χ3v) is 4.20.